The molecule has 0 N–H and O–H groups in total. The normalized spacial score (nSPS) is 12.9. The lowest BCUT2D eigenvalue weighted by Crippen LogP contribution is -2.28. The molecule has 1 aromatic heterocycles. The fourth-order valence-corrected chi connectivity index (χ4v) is 9.89. The molecule has 0 unspecified atom stereocenters. The molecule has 0 radical (unpaired) electrons. The van der Waals surface area contributed by atoms with Crippen molar-refractivity contribution in [3.8, 4) is 22.3 Å². The van der Waals surface area contributed by atoms with Crippen molar-refractivity contribution in [1.29, 1.82) is 0 Å². The molecule has 1 heterocycles. The van der Waals surface area contributed by atoms with Crippen LogP contribution in [0.5, 0.6) is 0 Å². The van der Waals surface area contributed by atoms with Crippen molar-refractivity contribution < 1.29 is 4.42 Å². The Hall–Kier alpha value is -7.68. The Morgan fingerprint density at radius 2 is 0.898 bits per heavy atom. The number of hydrogen-bond donors (Lipinski definition) is 0. The minimum absolute atomic E-state index is 0.463. The number of nitrogens with zero attached hydrogens (tertiary/aromatic N) is 1. The van der Waals surface area contributed by atoms with Crippen molar-refractivity contribution in [3.05, 3.63) is 247 Å². The molecular formula is C57H37NO. The molecule has 0 fully saturated rings. The third-order valence-electron chi connectivity index (χ3n) is 12.5. The maximum atomic E-state index is 6.49. The second-order valence-electron chi connectivity index (χ2n) is 15.6. The van der Waals surface area contributed by atoms with E-state index in [4.69, 9.17) is 4.42 Å². The third kappa shape index (κ3) is 5.13. The first-order chi connectivity index (χ1) is 29.2. The van der Waals surface area contributed by atoms with E-state index in [0.717, 1.165) is 39.0 Å². The van der Waals surface area contributed by atoms with Gasteiger partial charge in [0.05, 0.1) is 5.41 Å². The molecule has 10 aromatic carbocycles. The van der Waals surface area contributed by atoms with E-state index in [1.165, 1.54) is 66.1 Å². The minimum atomic E-state index is -0.463. The van der Waals surface area contributed by atoms with Gasteiger partial charge in [0.2, 0.25) is 0 Å². The first-order valence-corrected chi connectivity index (χ1v) is 20.3. The van der Waals surface area contributed by atoms with Gasteiger partial charge in [-0.2, -0.15) is 0 Å². The van der Waals surface area contributed by atoms with Crippen LogP contribution in [-0.2, 0) is 5.41 Å². The van der Waals surface area contributed by atoms with Gasteiger partial charge in [-0.05, 0) is 115 Å². The van der Waals surface area contributed by atoms with Crippen LogP contribution < -0.4 is 4.90 Å². The highest BCUT2D eigenvalue weighted by Crippen LogP contribution is 2.57. The lowest BCUT2D eigenvalue weighted by Gasteiger charge is -2.34. The predicted molar refractivity (Wildman–Crippen MR) is 246 cm³/mol. The lowest BCUT2D eigenvalue weighted by molar-refractivity contribution is 0.669. The Labute approximate surface area is 342 Å². The molecule has 0 atom stereocenters. The van der Waals surface area contributed by atoms with Crippen molar-refractivity contribution in [2.45, 2.75) is 5.41 Å². The van der Waals surface area contributed by atoms with E-state index in [9.17, 15) is 0 Å². The highest BCUT2D eigenvalue weighted by atomic mass is 16.3. The number of benzene rings is 10. The fraction of sp³-hybridized carbons (Fsp3) is 0.0175. The van der Waals surface area contributed by atoms with E-state index >= 15 is 0 Å². The third-order valence-corrected chi connectivity index (χ3v) is 12.5. The quantitative estimate of drug-likeness (QED) is 0.168. The first kappa shape index (κ1) is 33.5. The molecule has 1 aliphatic carbocycles. The van der Waals surface area contributed by atoms with Gasteiger partial charge in [0.1, 0.15) is 11.2 Å². The van der Waals surface area contributed by atoms with E-state index in [2.05, 4.69) is 217 Å². The molecule has 0 spiro atoms. The standard InChI is InChI=1S/C57H37NO/c1-3-16-42(17-4-1)57(43-18-5-2-6-19-43)53-24-11-9-21-49(53)52-36-45(31-33-54(52)57)58(46-30-32-51-50-22-10-12-25-55(50)59-56(51)37-46)44-29-28-39-34-41(27-26-40(39)35-44)48-23-13-15-38-14-7-8-20-47(38)48/h1-37H. The van der Waals surface area contributed by atoms with Gasteiger partial charge in [-0.1, -0.05) is 170 Å². The van der Waals surface area contributed by atoms with Crippen molar-refractivity contribution in [2.75, 3.05) is 4.90 Å². The number of hydrogen-bond acceptors (Lipinski definition) is 2. The van der Waals surface area contributed by atoms with E-state index in [1.807, 2.05) is 12.1 Å². The lowest BCUT2D eigenvalue weighted by atomic mass is 9.68. The summed E-state index contributed by atoms with van der Waals surface area (Å²) >= 11 is 0. The molecule has 11 aromatic rings. The zero-order valence-electron chi connectivity index (χ0n) is 32.2. The number of fused-ring (bicyclic) bond motifs is 8. The average Bonchev–Trinajstić information content (AvgIpc) is 3.82. The monoisotopic (exact) mass is 751 g/mol. The molecule has 0 bridgehead atoms. The number of rotatable bonds is 6. The molecule has 0 saturated carbocycles. The number of para-hydroxylation sites is 1. The van der Waals surface area contributed by atoms with Crippen LogP contribution in [0, 0.1) is 0 Å². The van der Waals surface area contributed by atoms with Crippen molar-refractivity contribution in [2.24, 2.45) is 0 Å². The summed E-state index contributed by atoms with van der Waals surface area (Å²) < 4.78 is 6.49. The summed E-state index contributed by atoms with van der Waals surface area (Å²) in [5, 5.41) is 7.13. The molecule has 276 valence electrons. The summed E-state index contributed by atoms with van der Waals surface area (Å²) in [5.41, 5.74) is 14.5. The van der Waals surface area contributed by atoms with Crippen molar-refractivity contribution >= 4 is 60.5 Å². The largest absolute Gasteiger partial charge is 0.456 e. The van der Waals surface area contributed by atoms with Crippen LogP contribution in [0.1, 0.15) is 22.3 Å². The number of anilines is 3. The highest BCUT2D eigenvalue weighted by molar-refractivity contribution is 6.06. The molecular weight excluding hydrogens is 715 g/mol. The Morgan fingerprint density at radius 1 is 0.322 bits per heavy atom. The Bertz CT molecular complexity index is 3350. The molecule has 2 nitrogen and oxygen atoms in total. The summed E-state index contributed by atoms with van der Waals surface area (Å²) in [7, 11) is 0. The van der Waals surface area contributed by atoms with Gasteiger partial charge >= 0.3 is 0 Å². The molecule has 2 heteroatoms. The summed E-state index contributed by atoms with van der Waals surface area (Å²) in [6.07, 6.45) is 0. The van der Waals surface area contributed by atoms with Crippen LogP contribution in [0.2, 0.25) is 0 Å². The zero-order valence-corrected chi connectivity index (χ0v) is 32.2. The van der Waals surface area contributed by atoms with Crippen LogP contribution in [0.3, 0.4) is 0 Å². The van der Waals surface area contributed by atoms with E-state index < -0.39 is 5.41 Å². The second-order valence-corrected chi connectivity index (χ2v) is 15.6. The topological polar surface area (TPSA) is 16.4 Å². The molecule has 1 aliphatic rings. The molecule has 0 saturated heterocycles. The van der Waals surface area contributed by atoms with Crippen LogP contribution in [-0.4, -0.2) is 0 Å². The predicted octanol–water partition coefficient (Wildman–Crippen LogP) is 15.4. The summed E-state index contributed by atoms with van der Waals surface area (Å²) in [4.78, 5) is 2.39. The van der Waals surface area contributed by atoms with E-state index in [1.54, 1.807) is 0 Å². The van der Waals surface area contributed by atoms with Gasteiger partial charge in [0.25, 0.3) is 0 Å². The van der Waals surface area contributed by atoms with E-state index in [-0.39, 0.29) is 0 Å². The summed E-state index contributed by atoms with van der Waals surface area (Å²) in [6, 6.07) is 81.9. The van der Waals surface area contributed by atoms with Gasteiger partial charge in [-0.3, -0.25) is 0 Å². The van der Waals surface area contributed by atoms with Crippen LogP contribution in [0.15, 0.2) is 229 Å². The van der Waals surface area contributed by atoms with Crippen molar-refractivity contribution in [3.63, 3.8) is 0 Å². The van der Waals surface area contributed by atoms with Gasteiger partial charge in [-0.15, -0.1) is 0 Å². The summed E-state index contributed by atoms with van der Waals surface area (Å²) in [6.45, 7) is 0. The highest BCUT2D eigenvalue weighted by Gasteiger charge is 2.46. The minimum Gasteiger partial charge on any atom is -0.456 e. The van der Waals surface area contributed by atoms with Gasteiger partial charge < -0.3 is 9.32 Å². The SMILES string of the molecule is c1ccc(C2(c3ccccc3)c3ccccc3-c3cc(N(c4ccc5cc(-c6cccc7ccccc67)ccc5c4)c4ccc5c(c4)oc4ccccc45)ccc32)cc1. The molecule has 0 amide bonds. The second kappa shape index (κ2) is 13.2. The van der Waals surface area contributed by atoms with Crippen LogP contribution in [0.25, 0.3) is 65.7 Å². The van der Waals surface area contributed by atoms with Crippen LogP contribution in [0.4, 0.5) is 17.1 Å². The van der Waals surface area contributed by atoms with Gasteiger partial charge in [0, 0.05) is 33.9 Å². The zero-order chi connectivity index (χ0) is 38.9. The maximum absolute atomic E-state index is 6.49. The van der Waals surface area contributed by atoms with Crippen LogP contribution >= 0.6 is 0 Å². The van der Waals surface area contributed by atoms with Gasteiger partial charge in [-0.25, -0.2) is 0 Å². The number of furan rings is 1. The molecule has 59 heavy (non-hydrogen) atoms. The average molecular weight is 752 g/mol. The molecule has 12 rings (SSSR count). The fourth-order valence-electron chi connectivity index (χ4n) is 9.89. The van der Waals surface area contributed by atoms with Crippen molar-refractivity contribution in [1.82, 2.24) is 0 Å². The Balaban J connectivity index is 1.06. The summed E-state index contributed by atoms with van der Waals surface area (Å²) in [5.74, 6) is 0. The van der Waals surface area contributed by atoms with Gasteiger partial charge in [0.15, 0.2) is 0 Å². The Kier molecular flexibility index (Phi) is 7.48. The maximum Gasteiger partial charge on any atom is 0.137 e. The molecule has 0 aliphatic heterocycles. The smallest absolute Gasteiger partial charge is 0.137 e. The van der Waals surface area contributed by atoms with E-state index in [0.29, 0.717) is 0 Å². The first-order valence-electron chi connectivity index (χ1n) is 20.3. The Morgan fingerprint density at radius 3 is 1.75 bits per heavy atom.